The first kappa shape index (κ1) is 29.1. The van der Waals surface area contributed by atoms with Gasteiger partial charge in [-0.05, 0) is 66.5 Å². The molecule has 0 unspecified atom stereocenters. The van der Waals surface area contributed by atoms with E-state index in [0.717, 1.165) is 12.8 Å². The van der Waals surface area contributed by atoms with Gasteiger partial charge in [0, 0.05) is 11.3 Å². The van der Waals surface area contributed by atoms with Crippen molar-refractivity contribution in [3.8, 4) is 5.75 Å². The number of ether oxygens (including phenoxy) is 3. The van der Waals surface area contributed by atoms with Gasteiger partial charge in [-0.25, -0.2) is 9.59 Å². The molecule has 3 aromatic carbocycles. The van der Waals surface area contributed by atoms with Crippen LogP contribution in [-0.2, 0) is 29.6 Å². The molecule has 4 atom stereocenters. The van der Waals surface area contributed by atoms with Gasteiger partial charge in [-0.1, -0.05) is 87.9 Å². The molecule has 0 bridgehead atoms. The van der Waals surface area contributed by atoms with Crippen LogP contribution in [-0.4, -0.2) is 31.1 Å². The molecule has 42 heavy (non-hydrogen) atoms. The number of rotatable bonds is 7. The van der Waals surface area contributed by atoms with Crippen molar-refractivity contribution in [2.24, 2.45) is 17.8 Å². The van der Waals surface area contributed by atoms with Crippen molar-refractivity contribution in [1.82, 2.24) is 0 Å². The average Bonchev–Trinajstić information content (AvgIpc) is 3.00. The van der Waals surface area contributed by atoms with Gasteiger partial charge in [0.05, 0.1) is 7.11 Å². The summed E-state index contributed by atoms with van der Waals surface area (Å²) in [5.41, 5.74) is -1.05. The number of cyclic esters (lactones) is 1. The molecule has 5 rings (SSSR count). The van der Waals surface area contributed by atoms with Crippen LogP contribution in [0.25, 0.3) is 6.08 Å². The first-order valence-corrected chi connectivity index (χ1v) is 14.5. The Hall–Kier alpha value is -4.39. The van der Waals surface area contributed by atoms with Crippen molar-refractivity contribution in [3.05, 3.63) is 102 Å². The maximum absolute atomic E-state index is 14.6. The summed E-state index contributed by atoms with van der Waals surface area (Å²) < 4.78 is 17.8. The molecule has 0 N–H and O–H groups in total. The zero-order valence-corrected chi connectivity index (χ0v) is 24.5. The van der Waals surface area contributed by atoms with Crippen LogP contribution in [0, 0.1) is 17.8 Å². The topological polar surface area (TPSA) is 82.1 Å². The lowest BCUT2D eigenvalue weighted by molar-refractivity contribution is -0.194. The van der Waals surface area contributed by atoms with E-state index in [9.17, 15) is 14.4 Å². The van der Waals surface area contributed by atoms with E-state index in [2.05, 4.69) is 20.8 Å². The Morgan fingerprint density at radius 1 is 0.952 bits per heavy atom. The number of carbonyl (C=O) groups excluding carboxylic acids is 3. The SMILES string of the molecule is COc1ccc(N2C(=O)/C(=C/c3ccccc3)C(=O)O[C@]2(C(=O)O[C@@H]2C[C@H](C)CC[C@H]2C(C)C)c2ccccc2)cc1. The number of carbonyl (C=O) groups is 3. The maximum atomic E-state index is 14.6. The van der Waals surface area contributed by atoms with Gasteiger partial charge < -0.3 is 14.2 Å². The Labute approximate surface area is 247 Å². The highest BCUT2D eigenvalue weighted by atomic mass is 16.6. The monoisotopic (exact) mass is 567 g/mol. The molecule has 1 saturated carbocycles. The largest absolute Gasteiger partial charge is 0.497 e. The molecule has 1 amide bonds. The zero-order chi connectivity index (χ0) is 29.9. The molecular formula is C35H37NO6. The Balaban J connectivity index is 1.67. The van der Waals surface area contributed by atoms with Crippen LogP contribution in [0.5, 0.6) is 5.75 Å². The van der Waals surface area contributed by atoms with E-state index in [4.69, 9.17) is 14.2 Å². The Kier molecular flexibility index (Phi) is 8.48. The number of nitrogens with zero attached hydrogens (tertiary/aromatic N) is 1. The summed E-state index contributed by atoms with van der Waals surface area (Å²) in [7, 11) is 1.55. The van der Waals surface area contributed by atoms with Gasteiger partial charge >= 0.3 is 17.7 Å². The summed E-state index contributed by atoms with van der Waals surface area (Å²) in [6.07, 6.45) is 3.79. The number of amides is 1. The van der Waals surface area contributed by atoms with E-state index in [-0.39, 0.29) is 23.5 Å². The second-order valence-corrected chi connectivity index (χ2v) is 11.5. The van der Waals surface area contributed by atoms with Gasteiger partial charge in [0.15, 0.2) is 0 Å². The van der Waals surface area contributed by atoms with Crippen molar-refractivity contribution in [2.75, 3.05) is 12.0 Å². The lowest BCUT2D eigenvalue weighted by Crippen LogP contribution is -2.63. The summed E-state index contributed by atoms with van der Waals surface area (Å²) in [5.74, 6) is -0.976. The molecule has 7 nitrogen and oxygen atoms in total. The lowest BCUT2D eigenvalue weighted by Gasteiger charge is -2.45. The minimum Gasteiger partial charge on any atom is -0.497 e. The predicted octanol–water partition coefficient (Wildman–Crippen LogP) is 6.53. The summed E-state index contributed by atoms with van der Waals surface area (Å²) in [6.45, 7) is 6.41. The molecule has 0 radical (unpaired) electrons. The molecule has 218 valence electrons. The standard InChI is InChI=1S/C35H37NO6/c1-23(2)29-20-15-24(3)21-31(29)41-34(39)35(26-13-9-6-10-14-26)36(27-16-18-28(40-4)19-17-27)32(37)30(33(38)42-35)22-25-11-7-5-8-12-25/h5-14,16-19,22-24,29,31H,15,20-21H2,1-4H3/b30-22-/t24-,29+,31-,35+/m1/s1. The quantitative estimate of drug-likeness (QED) is 0.184. The number of hydrogen-bond acceptors (Lipinski definition) is 6. The van der Waals surface area contributed by atoms with Crippen molar-refractivity contribution in [3.63, 3.8) is 0 Å². The molecule has 2 aliphatic rings. The number of methoxy groups -OCH3 is 1. The van der Waals surface area contributed by atoms with Crippen molar-refractivity contribution in [2.45, 2.75) is 51.9 Å². The fraction of sp³-hybridized carbons (Fsp3) is 0.343. The zero-order valence-electron chi connectivity index (χ0n) is 24.5. The second kappa shape index (κ2) is 12.2. The molecule has 1 aliphatic heterocycles. The van der Waals surface area contributed by atoms with Crippen LogP contribution < -0.4 is 9.64 Å². The van der Waals surface area contributed by atoms with Gasteiger partial charge in [-0.2, -0.15) is 0 Å². The van der Waals surface area contributed by atoms with Crippen molar-refractivity contribution >= 4 is 29.6 Å². The van der Waals surface area contributed by atoms with Gasteiger partial charge in [0.2, 0.25) is 0 Å². The van der Waals surface area contributed by atoms with E-state index < -0.39 is 23.6 Å². The molecule has 2 fully saturated rings. The highest BCUT2D eigenvalue weighted by Gasteiger charge is 2.60. The van der Waals surface area contributed by atoms with Crippen LogP contribution >= 0.6 is 0 Å². The van der Waals surface area contributed by atoms with Gasteiger partial charge in [0.25, 0.3) is 5.91 Å². The third kappa shape index (κ3) is 5.56. The second-order valence-electron chi connectivity index (χ2n) is 11.5. The summed E-state index contributed by atoms with van der Waals surface area (Å²) in [5, 5.41) is 0. The van der Waals surface area contributed by atoms with E-state index in [1.807, 2.05) is 18.2 Å². The van der Waals surface area contributed by atoms with Crippen LogP contribution in [0.1, 0.15) is 51.2 Å². The summed E-state index contributed by atoms with van der Waals surface area (Å²) in [4.78, 5) is 44.0. The fourth-order valence-corrected chi connectivity index (χ4v) is 6.02. The Morgan fingerprint density at radius 2 is 1.60 bits per heavy atom. The minimum absolute atomic E-state index is 0.149. The van der Waals surface area contributed by atoms with Gasteiger partial charge in [-0.3, -0.25) is 9.69 Å². The highest BCUT2D eigenvalue weighted by molar-refractivity contribution is 6.28. The first-order valence-electron chi connectivity index (χ1n) is 14.5. The molecule has 1 heterocycles. The van der Waals surface area contributed by atoms with Crippen LogP contribution in [0.4, 0.5) is 5.69 Å². The summed E-state index contributed by atoms with van der Waals surface area (Å²) >= 11 is 0. The number of anilines is 1. The van der Waals surface area contributed by atoms with Crippen LogP contribution in [0.2, 0.25) is 0 Å². The van der Waals surface area contributed by atoms with Crippen LogP contribution in [0.3, 0.4) is 0 Å². The molecular weight excluding hydrogens is 530 g/mol. The first-order chi connectivity index (χ1) is 20.2. The Bertz CT molecular complexity index is 1450. The Morgan fingerprint density at radius 3 is 2.21 bits per heavy atom. The molecule has 7 heteroatoms. The van der Waals surface area contributed by atoms with Gasteiger partial charge in [0.1, 0.15) is 17.4 Å². The van der Waals surface area contributed by atoms with Gasteiger partial charge in [-0.15, -0.1) is 0 Å². The van der Waals surface area contributed by atoms with Crippen LogP contribution in [0.15, 0.2) is 90.5 Å². The molecule has 0 spiro atoms. The van der Waals surface area contributed by atoms with E-state index >= 15 is 0 Å². The molecule has 1 aliphatic carbocycles. The molecule has 1 saturated heterocycles. The predicted molar refractivity (Wildman–Crippen MR) is 160 cm³/mol. The number of esters is 2. The summed E-state index contributed by atoms with van der Waals surface area (Å²) in [6, 6.07) is 24.4. The molecule has 0 aromatic heterocycles. The van der Waals surface area contributed by atoms with E-state index in [1.54, 1.807) is 73.8 Å². The lowest BCUT2D eigenvalue weighted by atomic mass is 9.75. The maximum Gasteiger partial charge on any atom is 0.378 e. The minimum atomic E-state index is -2.18. The van der Waals surface area contributed by atoms with Crippen molar-refractivity contribution < 1.29 is 28.6 Å². The average molecular weight is 568 g/mol. The normalized spacial score (nSPS) is 25.3. The molecule has 3 aromatic rings. The number of hydrogen-bond donors (Lipinski definition) is 0. The smallest absolute Gasteiger partial charge is 0.378 e. The third-order valence-corrected chi connectivity index (χ3v) is 8.31. The third-order valence-electron chi connectivity index (χ3n) is 8.31. The van der Waals surface area contributed by atoms with Crippen molar-refractivity contribution in [1.29, 1.82) is 0 Å². The highest BCUT2D eigenvalue weighted by Crippen LogP contribution is 2.44. The van der Waals surface area contributed by atoms with E-state index in [0.29, 0.717) is 34.9 Å². The van der Waals surface area contributed by atoms with E-state index in [1.165, 1.54) is 11.0 Å². The fourth-order valence-electron chi connectivity index (χ4n) is 6.02. The number of benzene rings is 3.